The van der Waals surface area contributed by atoms with Crippen LogP contribution in [0.25, 0.3) is 0 Å². The fraction of sp³-hybridized carbons (Fsp3) is 0.654. The van der Waals surface area contributed by atoms with Crippen LogP contribution >= 0.6 is 0 Å². The van der Waals surface area contributed by atoms with Gasteiger partial charge in [-0.05, 0) is 44.2 Å². The molecular weight excluding hydrogens is 342 g/mol. The van der Waals surface area contributed by atoms with Gasteiger partial charge in [-0.1, -0.05) is 101 Å². The van der Waals surface area contributed by atoms with E-state index in [0.717, 1.165) is 12.1 Å². The lowest BCUT2D eigenvalue weighted by Crippen LogP contribution is -2.10. The Morgan fingerprint density at radius 2 is 1.21 bits per heavy atom. The molecule has 1 aromatic rings. The van der Waals surface area contributed by atoms with Gasteiger partial charge in [0.2, 0.25) is 5.91 Å². The number of hydrogen-bond acceptors (Lipinski definition) is 1. The first-order valence-electron chi connectivity index (χ1n) is 11.8. The Labute approximate surface area is 174 Å². The van der Waals surface area contributed by atoms with Crippen molar-refractivity contribution in [3.63, 3.8) is 0 Å². The van der Waals surface area contributed by atoms with Gasteiger partial charge in [0.15, 0.2) is 0 Å². The van der Waals surface area contributed by atoms with Crippen LogP contribution in [0.15, 0.2) is 42.5 Å². The molecule has 0 saturated carbocycles. The second-order valence-electron chi connectivity index (χ2n) is 7.96. The summed E-state index contributed by atoms with van der Waals surface area (Å²) in [5.41, 5.74) is 0.897. The molecule has 1 amide bonds. The van der Waals surface area contributed by atoms with Crippen LogP contribution in [0.4, 0.5) is 5.69 Å². The zero-order chi connectivity index (χ0) is 20.1. The van der Waals surface area contributed by atoms with E-state index in [1.54, 1.807) is 0 Å². The van der Waals surface area contributed by atoms with Gasteiger partial charge >= 0.3 is 0 Å². The minimum atomic E-state index is 0.138. The van der Waals surface area contributed by atoms with Crippen LogP contribution in [-0.2, 0) is 4.79 Å². The van der Waals surface area contributed by atoms with Gasteiger partial charge < -0.3 is 5.32 Å². The van der Waals surface area contributed by atoms with Crippen LogP contribution in [-0.4, -0.2) is 5.91 Å². The molecule has 1 N–H and O–H groups in total. The Bertz CT molecular complexity index is 494. The summed E-state index contributed by atoms with van der Waals surface area (Å²) < 4.78 is 0. The summed E-state index contributed by atoms with van der Waals surface area (Å²) in [5, 5.41) is 2.95. The van der Waals surface area contributed by atoms with Gasteiger partial charge in [0.1, 0.15) is 0 Å². The van der Waals surface area contributed by atoms with Gasteiger partial charge in [0.05, 0.1) is 0 Å². The van der Waals surface area contributed by atoms with Crippen molar-refractivity contribution >= 4 is 11.6 Å². The van der Waals surface area contributed by atoms with E-state index in [-0.39, 0.29) is 5.91 Å². The summed E-state index contributed by atoms with van der Waals surface area (Å²) in [7, 11) is 0. The Kier molecular flexibility index (Phi) is 16.4. The minimum absolute atomic E-state index is 0.138. The van der Waals surface area contributed by atoms with Crippen molar-refractivity contribution in [1.29, 1.82) is 0 Å². The van der Waals surface area contributed by atoms with Gasteiger partial charge in [-0.3, -0.25) is 4.79 Å². The maximum Gasteiger partial charge on any atom is 0.224 e. The molecule has 0 heterocycles. The lowest BCUT2D eigenvalue weighted by molar-refractivity contribution is -0.116. The molecule has 0 radical (unpaired) electrons. The summed E-state index contributed by atoms with van der Waals surface area (Å²) in [4.78, 5) is 11.9. The normalized spacial score (nSPS) is 11.2. The first-order chi connectivity index (χ1) is 13.8. The predicted molar refractivity (Wildman–Crippen MR) is 124 cm³/mol. The number of anilines is 1. The van der Waals surface area contributed by atoms with Crippen molar-refractivity contribution in [2.24, 2.45) is 0 Å². The van der Waals surface area contributed by atoms with E-state index in [1.807, 2.05) is 30.3 Å². The number of rotatable bonds is 18. The highest BCUT2D eigenvalue weighted by Gasteiger charge is 2.01. The molecular formula is C26H43NO. The third-order valence-electron chi connectivity index (χ3n) is 5.22. The van der Waals surface area contributed by atoms with E-state index in [4.69, 9.17) is 0 Å². The Balaban J connectivity index is 1.79. The standard InChI is InChI=1S/C26H43NO/c1-2-3-4-5-6-7-8-9-10-11-12-13-14-15-16-17-21-24-26(28)27-25-22-19-18-20-23-25/h9-10,18-20,22-23H,2-8,11-17,21,24H2,1H3,(H,27,28). The van der Waals surface area contributed by atoms with Crippen LogP contribution in [0, 0.1) is 0 Å². The molecule has 0 aromatic heterocycles. The van der Waals surface area contributed by atoms with Gasteiger partial charge in [0.25, 0.3) is 0 Å². The predicted octanol–water partition coefficient (Wildman–Crippen LogP) is 8.44. The van der Waals surface area contributed by atoms with E-state index in [9.17, 15) is 4.79 Å². The summed E-state index contributed by atoms with van der Waals surface area (Å²) in [6, 6.07) is 9.72. The molecule has 0 bridgehead atoms. The SMILES string of the molecule is CCCCCCCCC=CCCCCCCCCCC(=O)Nc1ccccc1. The lowest BCUT2D eigenvalue weighted by atomic mass is 10.1. The van der Waals surface area contributed by atoms with E-state index >= 15 is 0 Å². The second-order valence-corrected chi connectivity index (χ2v) is 7.96. The summed E-state index contributed by atoms with van der Waals surface area (Å²) in [6.45, 7) is 2.27. The first-order valence-corrected chi connectivity index (χ1v) is 11.8. The molecule has 0 unspecified atom stereocenters. The molecule has 0 atom stereocenters. The third-order valence-corrected chi connectivity index (χ3v) is 5.22. The molecule has 0 saturated heterocycles. The smallest absolute Gasteiger partial charge is 0.224 e. The maximum absolute atomic E-state index is 11.9. The number of carbonyl (C=O) groups excluding carboxylic acids is 1. The van der Waals surface area contributed by atoms with Gasteiger partial charge in [0, 0.05) is 12.1 Å². The average Bonchev–Trinajstić information content (AvgIpc) is 2.71. The minimum Gasteiger partial charge on any atom is -0.326 e. The Morgan fingerprint density at radius 1 is 0.714 bits per heavy atom. The molecule has 0 aliphatic heterocycles. The zero-order valence-electron chi connectivity index (χ0n) is 18.3. The number of benzene rings is 1. The van der Waals surface area contributed by atoms with E-state index < -0.39 is 0 Å². The molecule has 0 spiro atoms. The number of allylic oxidation sites excluding steroid dienone is 2. The molecule has 28 heavy (non-hydrogen) atoms. The molecule has 158 valence electrons. The number of para-hydroxylation sites is 1. The van der Waals surface area contributed by atoms with Crippen LogP contribution in [0.3, 0.4) is 0 Å². The maximum atomic E-state index is 11.9. The van der Waals surface area contributed by atoms with E-state index in [2.05, 4.69) is 24.4 Å². The molecule has 0 fully saturated rings. The second kappa shape index (κ2) is 18.8. The van der Waals surface area contributed by atoms with Crippen molar-refractivity contribution < 1.29 is 4.79 Å². The van der Waals surface area contributed by atoms with Gasteiger partial charge in [-0.25, -0.2) is 0 Å². The van der Waals surface area contributed by atoms with Crippen molar-refractivity contribution in [2.45, 2.75) is 110 Å². The highest BCUT2D eigenvalue weighted by atomic mass is 16.1. The monoisotopic (exact) mass is 385 g/mol. The van der Waals surface area contributed by atoms with Crippen molar-refractivity contribution in [3.8, 4) is 0 Å². The van der Waals surface area contributed by atoms with Gasteiger partial charge in [-0.2, -0.15) is 0 Å². The molecule has 2 nitrogen and oxygen atoms in total. The van der Waals surface area contributed by atoms with Crippen molar-refractivity contribution in [2.75, 3.05) is 5.32 Å². The Hall–Kier alpha value is -1.57. The topological polar surface area (TPSA) is 29.1 Å². The van der Waals surface area contributed by atoms with Gasteiger partial charge in [-0.15, -0.1) is 0 Å². The number of carbonyl (C=O) groups is 1. The molecule has 1 aromatic carbocycles. The van der Waals surface area contributed by atoms with Crippen LogP contribution in [0.2, 0.25) is 0 Å². The van der Waals surface area contributed by atoms with E-state index in [1.165, 1.54) is 89.9 Å². The highest BCUT2D eigenvalue weighted by Crippen LogP contribution is 2.12. The van der Waals surface area contributed by atoms with Crippen LogP contribution in [0.5, 0.6) is 0 Å². The highest BCUT2D eigenvalue weighted by molar-refractivity contribution is 5.90. The zero-order valence-corrected chi connectivity index (χ0v) is 18.3. The lowest BCUT2D eigenvalue weighted by Gasteiger charge is -2.05. The Morgan fingerprint density at radius 3 is 1.79 bits per heavy atom. The fourth-order valence-corrected chi connectivity index (χ4v) is 3.45. The number of unbranched alkanes of at least 4 members (excludes halogenated alkanes) is 13. The van der Waals surface area contributed by atoms with E-state index in [0.29, 0.717) is 6.42 Å². The van der Waals surface area contributed by atoms with Crippen LogP contribution in [0.1, 0.15) is 110 Å². The molecule has 1 rings (SSSR count). The largest absolute Gasteiger partial charge is 0.326 e. The molecule has 0 aliphatic carbocycles. The summed E-state index contributed by atoms with van der Waals surface area (Å²) in [5.74, 6) is 0.138. The fourth-order valence-electron chi connectivity index (χ4n) is 3.45. The van der Waals surface area contributed by atoms with Crippen molar-refractivity contribution in [1.82, 2.24) is 0 Å². The number of nitrogens with one attached hydrogen (secondary N) is 1. The first kappa shape index (κ1) is 24.5. The average molecular weight is 386 g/mol. The molecule has 2 heteroatoms. The van der Waals surface area contributed by atoms with Crippen LogP contribution < -0.4 is 5.32 Å². The quantitative estimate of drug-likeness (QED) is 0.199. The number of amides is 1. The van der Waals surface area contributed by atoms with Crippen molar-refractivity contribution in [3.05, 3.63) is 42.5 Å². The third kappa shape index (κ3) is 15.5. The summed E-state index contributed by atoms with van der Waals surface area (Å²) in [6.07, 6.45) is 25.0. The summed E-state index contributed by atoms with van der Waals surface area (Å²) >= 11 is 0. The molecule has 0 aliphatic rings. The number of hydrogen-bond donors (Lipinski definition) is 1.